The molecule has 148 valence electrons. The molecule has 9 heteroatoms. The van der Waals surface area contributed by atoms with Crippen LogP contribution in [-0.2, 0) is 9.59 Å². The van der Waals surface area contributed by atoms with Crippen LogP contribution in [0.3, 0.4) is 0 Å². The van der Waals surface area contributed by atoms with Crippen LogP contribution < -0.4 is 10.1 Å². The van der Waals surface area contributed by atoms with Crippen LogP contribution in [0.4, 0.5) is 0 Å². The molecule has 1 aromatic carbocycles. The zero-order chi connectivity index (χ0) is 19.5. The molecule has 0 bridgehead atoms. The van der Waals surface area contributed by atoms with Gasteiger partial charge in [-0.15, -0.1) is 5.10 Å². The number of piperidine rings is 1. The number of ether oxygens (including phenoxy) is 1. The second kappa shape index (κ2) is 7.95. The fourth-order valence-corrected chi connectivity index (χ4v) is 3.41. The van der Waals surface area contributed by atoms with Crippen molar-refractivity contribution in [2.75, 3.05) is 13.1 Å². The standard InChI is InChI=1S/C19H24N6O3/c1-13(28-17-8-6-16(7-9-17)25-12-20-22-23-25)19(27)24-10-2-3-14(11-24)18(26)21-15-4-5-15/h6-9,12-15H,2-5,10-11H2,1H3,(H,21,26)/t13-,14+/m0/s1. The summed E-state index contributed by atoms with van der Waals surface area (Å²) in [6.07, 6.45) is 4.69. The van der Waals surface area contributed by atoms with E-state index in [0.717, 1.165) is 31.4 Å². The van der Waals surface area contributed by atoms with Crippen LogP contribution in [0.25, 0.3) is 5.69 Å². The van der Waals surface area contributed by atoms with Crippen LogP contribution in [0.2, 0.25) is 0 Å². The monoisotopic (exact) mass is 384 g/mol. The van der Waals surface area contributed by atoms with Crippen molar-refractivity contribution in [1.29, 1.82) is 0 Å². The van der Waals surface area contributed by atoms with Crippen molar-refractivity contribution < 1.29 is 14.3 Å². The molecule has 4 rings (SSSR count). The summed E-state index contributed by atoms with van der Waals surface area (Å²) in [5.74, 6) is 0.457. The summed E-state index contributed by atoms with van der Waals surface area (Å²) >= 11 is 0. The predicted octanol–water partition coefficient (Wildman–Crippen LogP) is 0.947. The SMILES string of the molecule is C[C@H](Oc1ccc(-n2cnnn2)cc1)C(=O)N1CCC[C@@H](C(=O)NC2CC2)C1. The number of carbonyl (C=O) groups is 2. The maximum atomic E-state index is 12.8. The molecular weight excluding hydrogens is 360 g/mol. The van der Waals surface area contributed by atoms with Gasteiger partial charge in [0.1, 0.15) is 12.1 Å². The number of tetrazole rings is 1. The Balaban J connectivity index is 1.32. The van der Waals surface area contributed by atoms with Crippen molar-refractivity contribution >= 4 is 11.8 Å². The van der Waals surface area contributed by atoms with E-state index in [4.69, 9.17) is 4.74 Å². The minimum atomic E-state index is -0.621. The first-order valence-electron chi connectivity index (χ1n) is 9.69. The van der Waals surface area contributed by atoms with Gasteiger partial charge >= 0.3 is 0 Å². The highest BCUT2D eigenvalue weighted by Crippen LogP contribution is 2.23. The normalized spacial score (nSPS) is 20.5. The molecule has 1 saturated heterocycles. The quantitative estimate of drug-likeness (QED) is 0.795. The van der Waals surface area contributed by atoms with E-state index in [-0.39, 0.29) is 17.7 Å². The smallest absolute Gasteiger partial charge is 0.263 e. The van der Waals surface area contributed by atoms with Crippen LogP contribution in [0.1, 0.15) is 32.6 Å². The van der Waals surface area contributed by atoms with E-state index in [2.05, 4.69) is 20.8 Å². The highest BCUT2D eigenvalue weighted by molar-refractivity contribution is 5.83. The van der Waals surface area contributed by atoms with E-state index in [0.29, 0.717) is 24.9 Å². The lowest BCUT2D eigenvalue weighted by Gasteiger charge is -2.33. The number of amides is 2. The van der Waals surface area contributed by atoms with Crippen molar-refractivity contribution in [2.45, 2.75) is 44.8 Å². The third kappa shape index (κ3) is 4.29. The van der Waals surface area contributed by atoms with E-state index in [1.807, 2.05) is 12.1 Å². The van der Waals surface area contributed by atoms with Crippen LogP contribution >= 0.6 is 0 Å². The average Bonchev–Trinajstić information content (AvgIpc) is 3.36. The molecule has 2 aliphatic rings. The summed E-state index contributed by atoms with van der Waals surface area (Å²) < 4.78 is 7.36. The van der Waals surface area contributed by atoms with Gasteiger partial charge < -0.3 is 15.0 Å². The number of rotatable bonds is 6. The summed E-state index contributed by atoms with van der Waals surface area (Å²) in [4.78, 5) is 26.9. The molecule has 1 saturated carbocycles. The van der Waals surface area contributed by atoms with Crippen molar-refractivity contribution in [3.63, 3.8) is 0 Å². The molecule has 1 N–H and O–H groups in total. The van der Waals surface area contributed by atoms with Crippen molar-refractivity contribution in [2.24, 2.45) is 5.92 Å². The maximum absolute atomic E-state index is 12.8. The molecule has 1 aliphatic heterocycles. The molecule has 0 spiro atoms. The maximum Gasteiger partial charge on any atom is 0.263 e. The van der Waals surface area contributed by atoms with Gasteiger partial charge in [-0.2, -0.15) is 0 Å². The largest absolute Gasteiger partial charge is 0.481 e. The highest BCUT2D eigenvalue weighted by Gasteiger charge is 2.33. The van der Waals surface area contributed by atoms with Gasteiger partial charge in [0.25, 0.3) is 5.91 Å². The van der Waals surface area contributed by atoms with Crippen molar-refractivity contribution in [1.82, 2.24) is 30.4 Å². The van der Waals surface area contributed by atoms with Gasteiger partial charge in [0.15, 0.2) is 6.10 Å². The van der Waals surface area contributed by atoms with Gasteiger partial charge in [-0.1, -0.05) is 0 Å². The van der Waals surface area contributed by atoms with Crippen molar-refractivity contribution in [3.05, 3.63) is 30.6 Å². The second-order valence-electron chi connectivity index (χ2n) is 7.41. The molecule has 28 heavy (non-hydrogen) atoms. The molecule has 2 heterocycles. The number of nitrogens with one attached hydrogen (secondary N) is 1. The molecule has 2 aromatic rings. The molecule has 1 aromatic heterocycles. The third-order valence-electron chi connectivity index (χ3n) is 5.14. The molecule has 2 amide bonds. The minimum absolute atomic E-state index is 0.0757. The van der Waals surface area contributed by atoms with Crippen LogP contribution in [0, 0.1) is 5.92 Å². The first kappa shape index (κ1) is 18.4. The first-order chi connectivity index (χ1) is 13.6. The van der Waals surface area contributed by atoms with Crippen molar-refractivity contribution in [3.8, 4) is 11.4 Å². The Bertz CT molecular complexity index is 819. The number of likely N-dealkylation sites (tertiary alicyclic amines) is 1. The van der Waals surface area contributed by atoms with E-state index in [1.54, 1.807) is 28.6 Å². The number of hydrogen-bond acceptors (Lipinski definition) is 6. The van der Waals surface area contributed by atoms with E-state index in [9.17, 15) is 9.59 Å². The second-order valence-corrected chi connectivity index (χ2v) is 7.41. The molecule has 2 atom stereocenters. The van der Waals surface area contributed by atoms with Gasteiger partial charge in [-0.05, 0) is 67.3 Å². The summed E-state index contributed by atoms with van der Waals surface area (Å²) in [5.41, 5.74) is 0.803. The number of carbonyl (C=O) groups excluding carboxylic acids is 2. The summed E-state index contributed by atoms with van der Waals surface area (Å²) in [7, 11) is 0. The third-order valence-corrected chi connectivity index (χ3v) is 5.14. The Kier molecular flexibility index (Phi) is 5.23. The fourth-order valence-electron chi connectivity index (χ4n) is 3.41. The molecule has 2 fully saturated rings. The lowest BCUT2D eigenvalue weighted by atomic mass is 9.96. The molecule has 1 aliphatic carbocycles. The summed E-state index contributed by atoms with van der Waals surface area (Å²) in [6, 6.07) is 7.55. The van der Waals surface area contributed by atoms with Gasteiger partial charge in [0.05, 0.1) is 11.6 Å². The van der Waals surface area contributed by atoms with E-state index >= 15 is 0 Å². The number of aromatic nitrogens is 4. The molecular formula is C19H24N6O3. The Morgan fingerprint density at radius 3 is 2.68 bits per heavy atom. The number of nitrogens with zero attached hydrogens (tertiary/aromatic N) is 5. The minimum Gasteiger partial charge on any atom is -0.481 e. The zero-order valence-corrected chi connectivity index (χ0v) is 15.8. The molecule has 9 nitrogen and oxygen atoms in total. The Labute approximate surface area is 163 Å². The van der Waals surface area contributed by atoms with Gasteiger partial charge in [0, 0.05) is 19.1 Å². The van der Waals surface area contributed by atoms with E-state index < -0.39 is 6.10 Å². The number of hydrogen-bond donors (Lipinski definition) is 1. The molecule has 0 radical (unpaired) electrons. The lowest BCUT2D eigenvalue weighted by molar-refractivity contribution is -0.141. The van der Waals surface area contributed by atoms with Gasteiger partial charge in [-0.25, -0.2) is 4.68 Å². The van der Waals surface area contributed by atoms with Gasteiger partial charge in [-0.3, -0.25) is 9.59 Å². The number of benzene rings is 1. The molecule has 0 unspecified atom stereocenters. The van der Waals surface area contributed by atoms with Crippen LogP contribution in [0.15, 0.2) is 30.6 Å². The first-order valence-corrected chi connectivity index (χ1v) is 9.69. The zero-order valence-electron chi connectivity index (χ0n) is 15.8. The van der Waals surface area contributed by atoms with Crippen LogP contribution in [-0.4, -0.2) is 62.2 Å². The highest BCUT2D eigenvalue weighted by atomic mass is 16.5. The summed E-state index contributed by atoms with van der Waals surface area (Å²) in [6.45, 7) is 2.87. The Hall–Kier alpha value is -2.97. The Morgan fingerprint density at radius 2 is 2.00 bits per heavy atom. The predicted molar refractivity (Wildman–Crippen MR) is 99.7 cm³/mol. The summed E-state index contributed by atoms with van der Waals surface area (Å²) in [5, 5.41) is 14.1. The topological polar surface area (TPSA) is 102 Å². The van der Waals surface area contributed by atoms with Gasteiger partial charge in [0.2, 0.25) is 5.91 Å². The Morgan fingerprint density at radius 1 is 1.21 bits per heavy atom. The van der Waals surface area contributed by atoms with E-state index in [1.165, 1.54) is 6.33 Å². The fraction of sp³-hybridized carbons (Fsp3) is 0.526. The van der Waals surface area contributed by atoms with Crippen LogP contribution in [0.5, 0.6) is 5.75 Å². The average molecular weight is 384 g/mol. The lowest BCUT2D eigenvalue weighted by Crippen LogP contribution is -2.49.